The molecule has 0 unspecified atom stereocenters. The van der Waals surface area contributed by atoms with Crippen molar-refractivity contribution < 1.29 is 23.9 Å². The van der Waals surface area contributed by atoms with Crippen molar-refractivity contribution in [2.75, 3.05) is 26.2 Å². The van der Waals surface area contributed by atoms with Crippen molar-refractivity contribution in [1.29, 1.82) is 0 Å². The molecule has 0 radical (unpaired) electrons. The van der Waals surface area contributed by atoms with Crippen molar-refractivity contribution in [2.24, 2.45) is 5.92 Å². The number of piperidine rings is 1. The summed E-state index contributed by atoms with van der Waals surface area (Å²) in [7, 11) is 0. The molecule has 1 aromatic carbocycles. The van der Waals surface area contributed by atoms with Crippen LogP contribution in [0.4, 0.5) is 4.79 Å². The summed E-state index contributed by atoms with van der Waals surface area (Å²) in [6.45, 7) is 4.25. The summed E-state index contributed by atoms with van der Waals surface area (Å²) in [5.41, 5.74) is 0.0646. The molecule has 0 aromatic heterocycles. The maximum Gasteiger partial charge on any atom is 0.407 e. The van der Waals surface area contributed by atoms with Crippen LogP contribution in [-0.2, 0) is 25.7 Å². The molecule has 2 saturated heterocycles. The Morgan fingerprint density at radius 3 is 2.47 bits per heavy atom. The molecule has 1 saturated carbocycles. The van der Waals surface area contributed by atoms with Crippen molar-refractivity contribution in [3.63, 3.8) is 0 Å². The fraction of sp³-hybridized carbons (Fsp3) is 0.655. The second-order valence-corrected chi connectivity index (χ2v) is 10.8. The normalized spacial score (nSPS) is 21.4. The third-order valence-corrected chi connectivity index (χ3v) is 8.26. The predicted molar refractivity (Wildman–Crippen MR) is 143 cm³/mol. The van der Waals surface area contributed by atoms with Gasteiger partial charge in [-0.1, -0.05) is 50.1 Å². The van der Waals surface area contributed by atoms with E-state index in [4.69, 9.17) is 4.74 Å². The number of benzene rings is 1. The van der Waals surface area contributed by atoms with Crippen molar-refractivity contribution in [3.8, 4) is 0 Å². The van der Waals surface area contributed by atoms with Crippen LogP contribution in [0.1, 0.15) is 76.7 Å². The van der Waals surface area contributed by atoms with Gasteiger partial charge in [-0.05, 0) is 56.9 Å². The first-order valence-electron chi connectivity index (χ1n) is 14.3. The van der Waals surface area contributed by atoms with Crippen LogP contribution in [0.25, 0.3) is 0 Å². The van der Waals surface area contributed by atoms with Crippen molar-refractivity contribution in [1.82, 2.24) is 20.4 Å². The van der Waals surface area contributed by atoms with Gasteiger partial charge >= 0.3 is 6.09 Å². The molecule has 4 amide bonds. The highest BCUT2D eigenvalue weighted by molar-refractivity contribution is 6.00. The number of piperazine rings is 1. The Morgan fingerprint density at radius 2 is 1.79 bits per heavy atom. The first-order valence-corrected chi connectivity index (χ1v) is 14.3. The average Bonchev–Trinajstić information content (AvgIpc) is 3.48. The molecule has 0 bridgehead atoms. The highest BCUT2D eigenvalue weighted by atomic mass is 16.5. The number of likely N-dealkylation sites (tertiary alicyclic amines) is 1. The maximum absolute atomic E-state index is 13.5. The molecule has 9 nitrogen and oxygen atoms in total. The SMILES string of the molecule is CCCN1C(=O)[C@H](CCCCNC(=O)OCc2ccccc2)NC(=O)C12CCN(C(=O)C1CCCC1)CC2. The third-order valence-electron chi connectivity index (χ3n) is 8.26. The third kappa shape index (κ3) is 6.48. The zero-order valence-electron chi connectivity index (χ0n) is 22.6. The van der Waals surface area contributed by atoms with Gasteiger partial charge in [-0.25, -0.2) is 4.79 Å². The van der Waals surface area contributed by atoms with Crippen molar-refractivity contribution in [2.45, 2.75) is 89.3 Å². The van der Waals surface area contributed by atoms with Gasteiger partial charge in [-0.15, -0.1) is 0 Å². The number of amides is 4. The maximum atomic E-state index is 13.5. The average molecular weight is 527 g/mol. The van der Waals surface area contributed by atoms with Crippen LogP contribution < -0.4 is 10.6 Å². The number of hydrogen-bond donors (Lipinski definition) is 2. The second kappa shape index (κ2) is 13.1. The predicted octanol–water partition coefficient (Wildman–Crippen LogP) is 3.37. The Kier molecular flexibility index (Phi) is 9.63. The van der Waals surface area contributed by atoms with E-state index in [0.717, 1.165) is 37.7 Å². The first kappa shape index (κ1) is 27.9. The minimum atomic E-state index is -0.861. The fourth-order valence-corrected chi connectivity index (χ4v) is 6.08. The van der Waals surface area contributed by atoms with Crippen LogP contribution in [0.2, 0.25) is 0 Å². The Morgan fingerprint density at radius 1 is 1.08 bits per heavy atom. The molecule has 1 atom stereocenters. The molecule has 1 aliphatic carbocycles. The van der Waals surface area contributed by atoms with Crippen LogP contribution >= 0.6 is 0 Å². The quantitative estimate of drug-likeness (QED) is 0.455. The summed E-state index contributed by atoms with van der Waals surface area (Å²) in [4.78, 5) is 55.5. The van der Waals surface area contributed by atoms with Gasteiger partial charge in [0, 0.05) is 32.1 Å². The topological polar surface area (TPSA) is 108 Å². The number of nitrogens with one attached hydrogen (secondary N) is 2. The number of nitrogens with zero attached hydrogens (tertiary/aromatic N) is 2. The monoisotopic (exact) mass is 526 g/mol. The number of hydrogen-bond acceptors (Lipinski definition) is 5. The van der Waals surface area contributed by atoms with E-state index in [1.165, 1.54) is 0 Å². The molecular formula is C29H42N4O5. The largest absolute Gasteiger partial charge is 0.445 e. The van der Waals surface area contributed by atoms with E-state index in [1.54, 1.807) is 4.90 Å². The van der Waals surface area contributed by atoms with Gasteiger partial charge in [-0.3, -0.25) is 14.4 Å². The number of unbranched alkanes of at least 4 members (excludes halogenated alkanes) is 1. The number of ether oxygens (including phenoxy) is 1. The van der Waals surface area contributed by atoms with E-state index in [2.05, 4.69) is 10.6 Å². The number of alkyl carbamates (subject to hydrolysis) is 1. The molecule has 2 N–H and O–H groups in total. The van der Waals surface area contributed by atoms with E-state index in [-0.39, 0.29) is 30.2 Å². The Labute approximate surface area is 225 Å². The Hall–Kier alpha value is -3.10. The molecule has 3 aliphatic rings. The number of carbonyl (C=O) groups is 4. The summed E-state index contributed by atoms with van der Waals surface area (Å²) in [6.07, 6.45) is 7.34. The van der Waals surface area contributed by atoms with Gasteiger partial charge in [0.1, 0.15) is 18.2 Å². The van der Waals surface area contributed by atoms with Gasteiger partial charge < -0.3 is 25.2 Å². The van der Waals surface area contributed by atoms with Crippen LogP contribution in [0.5, 0.6) is 0 Å². The fourth-order valence-electron chi connectivity index (χ4n) is 6.08. The van der Waals surface area contributed by atoms with E-state index < -0.39 is 17.7 Å². The minimum Gasteiger partial charge on any atom is -0.445 e. The lowest BCUT2D eigenvalue weighted by molar-refractivity contribution is -0.163. The van der Waals surface area contributed by atoms with Crippen LogP contribution in [0.15, 0.2) is 30.3 Å². The summed E-state index contributed by atoms with van der Waals surface area (Å²) in [5.74, 6) is 0.225. The van der Waals surface area contributed by atoms with Gasteiger partial charge in [0.05, 0.1) is 0 Å². The highest BCUT2D eigenvalue weighted by Crippen LogP contribution is 2.35. The molecule has 1 aromatic rings. The molecule has 2 aliphatic heterocycles. The lowest BCUT2D eigenvalue weighted by Gasteiger charge is -2.51. The molecular weight excluding hydrogens is 484 g/mol. The minimum absolute atomic E-state index is 0.0303. The zero-order valence-corrected chi connectivity index (χ0v) is 22.6. The molecule has 1 spiro atoms. The second-order valence-electron chi connectivity index (χ2n) is 10.8. The Balaban J connectivity index is 1.23. The van der Waals surface area contributed by atoms with Gasteiger partial charge in [0.15, 0.2) is 0 Å². The van der Waals surface area contributed by atoms with E-state index in [1.807, 2.05) is 42.2 Å². The van der Waals surface area contributed by atoms with E-state index >= 15 is 0 Å². The Bertz CT molecular complexity index is 970. The summed E-state index contributed by atoms with van der Waals surface area (Å²) >= 11 is 0. The van der Waals surface area contributed by atoms with Crippen LogP contribution in [-0.4, -0.2) is 71.4 Å². The molecule has 38 heavy (non-hydrogen) atoms. The molecule has 2 heterocycles. The molecule has 9 heteroatoms. The van der Waals surface area contributed by atoms with E-state index in [0.29, 0.717) is 58.3 Å². The van der Waals surface area contributed by atoms with Gasteiger partial charge in [0.2, 0.25) is 17.7 Å². The molecule has 208 valence electrons. The number of carbonyl (C=O) groups excluding carboxylic acids is 4. The zero-order chi connectivity index (χ0) is 27.0. The van der Waals surface area contributed by atoms with E-state index in [9.17, 15) is 19.2 Å². The molecule has 4 rings (SSSR count). The molecule has 3 fully saturated rings. The highest BCUT2D eigenvalue weighted by Gasteiger charge is 2.53. The van der Waals surface area contributed by atoms with Gasteiger partial charge in [0.25, 0.3) is 0 Å². The summed E-state index contributed by atoms with van der Waals surface area (Å²) in [5, 5.41) is 5.75. The number of rotatable bonds is 10. The van der Waals surface area contributed by atoms with Crippen LogP contribution in [0.3, 0.4) is 0 Å². The van der Waals surface area contributed by atoms with Crippen molar-refractivity contribution in [3.05, 3.63) is 35.9 Å². The summed E-state index contributed by atoms with van der Waals surface area (Å²) < 4.78 is 5.22. The standard InChI is InChI=1S/C29H42N4O5/c1-2-18-33-26(35)24(14-8-9-17-30-28(37)38-21-22-10-4-3-5-11-22)31-27(36)29(33)15-19-32(20-16-29)25(34)23-12-6-7-13-23/h3-5,10-11,23-24H,2,6-9,12-21H2,1H3,(H,30,37)(H,31,36)/t24-/m0/s1. The van der Waals surface area contributed by atoms with Crippen molar-refractivity contribution >= 4 is 23.8 Å². The lowest BCUT2D eigenvalue weighted by atomic mass is 9.81. The smallest absolute Gasteiger partial charge is 0.407 e. The van der Waals surface area contributed by atoms with Crippen LogP contribution in [0, 0.1) is 5.92 Å². The first-order chi connectivity index (χ1) is 18.4. The summed E-state index contributed by atoms with van der Waals surface area (Å²) in [6, 6.07) is 8.94. The van der Waals surface area contributed by atoms with Gasteiger partial charge in [-0.2, -0.15) is 0 Å². The lowest BCUT2D eigenvalue weighted by Crippen LogP contribution is -2.73.